The molecular formula is C120H228O12. The summed E-state index contributed by atoms with van der Waals surface area (Å²) in [7, 11) is 0. The van der Waals surface area contributed by atoms with E-state index in [-0.39, 0.29) is 203 Å². The molecule has 0 radical (unpaired) electrons. The summed E-state index contributed by atoms with van der Waals surface area (Å²) >= 11 is 0. The monoisotopic (exact) mass is 1860 g/mol. The number of hydrogen-bond acceptors (Lipinski definition) is 12. The van der Waals surface area contributed by atoms with Gasteiger partial charge in [0.1, 0.15) is 33.6 Å². The molecule has 12 heteroatoms. The third-order valence-corrected chi connectivity index (χ3v) is 40.3. The second kappa shape index (κ2) is 48.1. The van der Waals surface area contributed by atoms with Gasteiger partial charge < -0.3 is 28.4 Å². The molecule has 0 N–H and O–H groups in total. The zero-order valence-electron chi connectivity index (χ0n) is 81.5. The highest BCUT2D eigenvalue weighted by Crippen LogP contribution is 2.69. The summed E-state index contributed by atoms with van der Waals surface area (Å²) < 4.78 is 37.1. The Morgan fingerprint density at radius 3 is 0.750 bits per heavy atom. The minimum Gasteiger partial charge on any atom is -0.459 e. The minimum atomic E-state index is -0.362. The molecule has 24 rings (SSSR count). The maximum absolute atomic E-state index is 12.8. The molecule has 24 aliphatic rings. The normalized spacial score (nSPS) is 38.3. The molecule has 0 aromatic carbocycles. The van der Waals surface area contributed by atoms with Crippen LogP contribution >= 0.6 is 0 Å². The van der Waals surface area contributed by atoms with Gasteiger partial charge in [-0.3, -0.25) is 28.8 Å². The van der Waals surface area contributed by atoms with E-state index in [0.717, 1.165) is 134 Å². The van der Waals surface area contributed by atoms with Gasteiger partial charge >= 0.3 is 35.8 Å². The molecule has 132 heavy (non-hydrogen) atoms. The van der Waals surface area contributed by atoms with Crippen molar-refractivity contribution in [3.8, 4) is 0 Å². The van der Waals surface area contributed by atoms with E-state index in [2.05, 4.69) is 96.9 Å². The number of esters is 6. The SMILES string of the molecule is C.C.C.C.C.C.C.C.C.C.C.C.CCC(C)(C)C(=O)OC(C)(C)C12CC3CC(CC(C3)C1)C2.CCC(C)(C)C(=O)OC1(C)C2CC3CC(C2)CC1C3.CCC(C)(C)C(=O)OC1(CC)C2CC3CC(C2)CC1C3.CCC(C)C(=O)OC(C)(C)C12CC3CC(CC(C3)C1)C2.CCC(C)C(=O)OC1(C)C2CC3CC(C2)CC1C3.CCCCC1(OC(=O)C(C)(C)CC)C2CC3CC(C2)CC1C3. The predicted molar refractivity (Wildman–Crippen MR) is 562 cm³/mol. The van der Waals surface area contributed by atoms with Crippen molar-refractivity contribution in [3.63, 3.8) is 0 Å². The number of hydrogen-bond donors (Lipinski definition) is 0. The minimum absolute atomic E-state index is 0. The van der Waals surface area contributed by atoms with E-state index in [1.165, 1.54) is 218 Å². The van der Waals surface area contributed by atoms with Crippen LogP contribution in [0, 0.1) is 175 Å². The molecule has 2 atom stereocenters. The van der Waals surface area contributed by atoms with Gasteiger partial charge in [-0.1, -0.05) is 165 Å². The Bertz CT molecular complexity index is 3380. The third kappa shape index (κ3) is 25.1. The summed E-state index contributed by atoms with van der Waals surface area (Å²) in [4.78, 5) is 74.9. The highest BCUT2D eigenvalue weighted by Gasteiger charge is 2.66. The molecule has 0 saturated heterocycles. The highest BCUT2D eigenvalue weighted by molar-refractivity contribution is 5.78. The van der Waals surface area contributed by atoms with Crippen LogP contribution in [0.4, 0.5) is 0 Å². The lowest BCUT2D eigenvalue weighted by atomic mass is 9.46. The van der Waals surface area contributed by atoms with E-state index < -0.39 is 0 Å². The zero-order chi connectivity index (χ0) is 87.3. The fourth-order valence-corrected chi connectivity index (χ4v) is 31.3. The van der Waals surface area contributed by atoms with Crippen LogP contribution in [0.25, 0.3) is 0 Å². The second-order valence-electron chi connectivity index (χ2n) is 50.3. The molecule has 0 aromatic heterocycles. The first-order valence-electron chi connectivity index (χ1n) is 51.6. The van der Waals surface area contributed by atoms with E-state index in [1.54, 1.807) is 0 Å². The summed E-state index contributed by atoms with van der Waals surface area (Å²) in [5.41, 5.74) is -2.01. The maximum Gasteiger partial charge on any atom is 0.312 e. The Labute approximate surface area is 821 Å². The van der Waals surface area contributed by atoms with E-state index in [0.29, 0.717) is 47.3 Å². The largest absolute Gasteiger partial charge is 0.459 e. The molecule has 0 heterocycles. The molecule has 24 aliphatic carbocycles. The molecule has 12 nitrogen and oxygen atoms in total. The molecule has 24 saturated carbocycles. The number of carbonyl (C=O) groups is 6. The van der Waals surface area contributed by atoms with Gasteiger partial charge in [-0.25, -0.2) is 0 Å². The van der Waals surface area contributed by atoms with Crippen LogP contribution < -0.4 is 0 Å². The van der Waals surface area contributed by atoms with Crippen molar-refractivity contribution in [3.05, 3.63) is 0 Å². The van der Waals surface area contributed by atoms with E-state index >= 15 is 0 Å². The lowest BCUT2D eigenvalue weighted by molar-refractivity contribution is -0.220. The van der Waals surface area contributed by atoms with Crippen LogP contribution in [0.1, 0.15) is 525 Å². The Balaban J connectivity index is 0.000000778. The molecule has 0 aromatic rings. The fourth-order valence-electron chi connectivity index (χ4n) is 31.3. The van der Waals surface area contributed by atoms with Crippen molar-refractivity contribution in [1.82, 2.24) is 0 Å². The number of unbranched alkanes of at least 4 members (excludes halogenated alkanes) is 1. The Hall–Kier alpha value is -3.18. The lowest BCUT2D eigenvalue weighted by Crippen LogP contribution is -2.60. The fraction of sp³-hybridized carbons (Fsp3) is 0.950. The van der Waals surface area contributed by atoms with Crippen molar-refractivity contribution in [1.29, 1.82) is 0 Å². The maximum atomic E-state index is 12.8. The Morgan fingerprint density at radius 2 is 0.492 bits per heavy atom. The first-order valence-corrected chi connectivity index (χ1v) is 51.6. The van der Waals surface area contributed by atoms with E-state index in [1.807, 2.05) is 69.2 Å². The Kier molecular flexibility index (Phi) is 46.2. The Morgan fingerprint density at radius 1 is 0.273 bits per heavy atom. The zero-order valence-corrected chi connectivity index (χ0v) is 81.5. The van der Waals surface area contributed by atoms with Crippen molar-refractivity contribution >= 4 is 35.8 Å². The number of rotatable bonds is 24. The van der Waals surface area contributed by atoms with Gasteiger partial charge in [0, 0.05) is 10.8 Å². The first kappa shape index (κ1) is 127. The van der Waals surface area contributed by atoms with Crippen LogP contribution in [0.15, 0.2) is 0 Å². The van der Waals surface area contributed by atoms with Crippen LogP contribution in [-0.4, -0.2) is 69.4 Å². The molecule has 24 bridgehead atoms. The summed E-state index contributed by atoms with van der Waals surface area (Å²) in [5.74, 6) is 18.2. The summed E-state index contributed by atoms with van der Waals surface area (Å²) in [6.45, 7) is 50.2. The average Bonchev–Trinajstić information content (AvgIpc) is 0.732. The summed E-state index contributed by atoms with van der Waals surface area (Å²) in [6.07, 6.45) is 52.7. The predicted octanol–water partition coefficient (Wildman–Crippen LogP) is 35.1. The smallest absolute Gasteiger partial charge is 0.312 e. The van der Waals surface area contributed by atoms with Gasteiger partial charge in [-0.15, -0.1) is 0 Å². The van der Waals surface area contributed by atoms with Gasteiger partial charge in [-0.05, 0) is 490 Å². The molecule has 2 unspecified atom stereocenters. The van der Waals surface area contributed by atoms with Gasteiger partial charge in [-0.2, -0.15) is 0 Å². The van der Waals surface area contributed by atoms with Gasteiger partial charge in [0.15, 0.2) is 0 Å². The molecule has 0 aliphatic heterocycles. The van der Waals surface area contributed by atoms with Crippen LogP contribution in [-0.2, 0) is 57.2 Å². The van der Waals surface area contributed by atoms with Crippen molar-refractivity contribution in [2.45, 2.75) is 559 Å². The van der Waals surface area contributed by atoms with Gasteiger partial charge in [0.05, 0.1) is 33.5 Å². The van der Waals surface area contributed by atoms with Crippen LogP contribution in [0.5, 0.6) is 0 Å². The molecule has 0 spiro atoms. The highest BCUT2D eigenvalue weighted by atomic mass is 16.6. The van der Waals surface area contributed by atoms with Gasteiger partial charge in [0.2, 0.25) is 0 Å². The standard InChI is InChI=1S/C20H34O2.C19H32O2.2C18H30O2.C17H28O2.C16H26O2.12CH4/c1-5-7-8-20(22-18(21)19(3,4)6-2)16-10-14-9-15(12-16)13-17(20)11-14;1-6-17(2,3)16(20)21-18(4,5)19-10-13-7-14(11-19)9-15(8-13)12-19;1-5-12(2)16(19)20-17(3,4)18-9-13-6-14(10-18)8-15(7-13)11-18;1-5-17(3,4)16(19)20-18(6-2)14-8-12-7-13(10-14)11-15(18)9-12;1-5-16(2,3)15(18)19-17(4)13-7-11-6-12(9-13)10-14(17)8-11;1-4-10(2)15(17)18-16(3)13-6-11-5-12(8-13)9-14(16)7-11;;;;;;;;;;;;/h14-17H,5-13H2,1-4H3;13-15H,6-12H2,1-5H3;2*12-15H,5-11H2,1-4H3;11-14H,5-10H2,1-4H3;10-14H,4-9H2,1-3H3;12*1H4. The second-order valence-corrected chi connectivity index (χ2v) is 50.3. The lowest BCUT2D eigenvalue weighted by Gasteiger charge is -2.61. The quantitative estimate of drug-likeness (QED) is 0.0666. The molecule has 780 valence electrons. The van der Waals surface area contributed by atoms with E-state index in [9.17, 15) is 28.8 Å². The van der Waals surface area contributed by atoms with Crippen LogP contribution in [0.3, 0.4) is 0 Å². The molecule has 0 amide bonds. The number of carbonyl (C=O) groups excluding carboxylic acids is 6. The molecule has 24 fully saturated rings. The summed E-state index contributed by atoms with van der Waals surface area (Å²) in [5, 5.41) is 0. The van der Waals surface area contributed by atoms with Crippen molar-refractivity contribution in [2.75, 3.05) is 0 Å². The van der Waals surface area contributed by atoms with Gasteiger partial charge in [0.25, 0.3) is 0 Å². The molecular weight excluding hydrogens is 1630 g/mol. The summed E-state index contributed by atoms with van der Waals surface area (Å²) in [6, 6.07) is 0. The van der Waals surface area contributed by atoms with E-state index in [4.69, 9.17) is 28.4 Å². The topological polar surface area (TPSA) is 158 Å². The number of ether oxygens (including phenoxy) is 6. The van der Waals surface area contributed by atoms with Crippen molar-refractivity contribution in [2.24, 2.45) is 175 Å². The average molecular weight is 1860 g/mol. The van der Waals surface area contributed by atoms with Crippen molar-refractivity contribution < 1.29 is 57.2 Å². The first-order chi connectivity index (χ1) is 56.2. The third-order valence-electron chi connectivity index (χ3n) is 40.3. The van der Waals surface area contributed by atoms with Crippen LogP contribution in [0.2, 0.25) is 0 Å².